The first kappa shape index (κ1) is 19.0. The maximum absolute atomic E-state index is 13.2. The van der Waals surface area contributed by atoms with Crippen molar-refractivity contribution in [1.82, 2.24) is 0 Å². The van der Waals surface area contributed by atoms with Gasteiger partial charge in [-0.3, -0.25) is 9.69 Å². The number of hydrogen-bond acceptors (Lipinski definition) is 7. The van der Waals surface area contributed by atoms with Gasteiger partial charge in [-0.05, 0) is 66.5 Å². The van der Waals surface area contributed by atoms with E-state index < -0.39 is 0 Å². The van der Waals surface area contributed by atoms with Crippen LogP contribution in [0.5, 0.6) is 0 Å². The molecule has 1 atom stereocenters. The van der Waals surface area contributed by atoms with Crippen molar-refractivity contribution >= 4 is 39.3 Å². The number of rotatable bonds is 1. The number of Topliss-reactive ketones (excluding diaryl/α,β-unsaturated/α-hetero) is 1. The van der Waals surface area contributed by atoms with E-state index in [1.165, 1.54) is 29.7 Å². The van der Waals surface area contributed by atoms with Gasteiger partial charge in [0.15, 0.2) is 11.6 Å². The van der Waals surface area contributed by atoms with Gasteiger partial charge in [0.1, 0.15) is 10.8 Å². The van der Waals surface area contributed by atoms with Gasteiger partial charge in [0, 0.05) is 22.6 Å². The van der Waals surface area contributed by atoms with Crippen LogP contribution < -0.4 is 10.6 Å². The minimum Gasteiger partial charge on any atom is -0.383 e. The van der Waals surface area contributed by atoms with Gasteiger partial charge in [-0.2, -0.15) is 16.6 Å². The zero-order valence-corrected chi connectivity index (χ0v) is 18.7. The van der Waals surface area contributed by atoms with Crippen LogP contribution in [-0.2, 0) is 17.6 Å². The Morgan fingerprint density at radius 3 is 2.84 bits per heavy atom. The van der Waals surface area contributed by atoms with Crippen molar-refractivity contribution in [1.29, 1.82) is 5.26 Å². The molecule has 5 nitrogen and oxygen atoms in total. The fourth-order valence-corrected chi connectivity index (χ4v) is 7.58. The Morgan fingerprint density at radius 2 is 2.03 bits per heavy atom. The van der Waals surface area contributed by atoms with E-state index in [-0.39, 0.29) is 11.7 Å². The molecule has 7 heteroatoms. The standard InChI is InChI=1S/C24H22N4OS2/c25-11-15-19(13-9-10-30-12-13)21-16(6-4-7-17(21)29)28-23(15)27-22(26)20-14-5-2-1-3-8-18(14)31-24(20)28/h9-10,12,19H,1-8H2,(H2,26,27)/t19-/m1/s1. The molecule has 156 valence electrons. The van der Waals surface area contributed by atoms with Crippen LogP contribution in [-0.4, -0.2) is 11.6 Å². The van der Waals surface area contributed by atoms with Gasteiger partial charge in [0.2, 0.25) is 0 Å². The van der Waals surface area contributed by atoms with Crippen LogP contribution in [0.25, 0.3) is 0 Å². The van der Waals surface area contributed by atoms with Gasteiger partial charge < -0.3 is 5.73 Å². The third-order valence-electron chi connectivity index (χ3n) is 6.81. The second kappa shape index (κ2) is 7.18. The number of thiophene rings is 2. The van der Waals surface area contributed by atoms with E-state index in [1.807, 2.05) is 16.8 Å². The summed E-state index contributed by atoms with van der Waals surface area (Å²) in [6, 6.07) is 4.43. The van der Waals surface area contributed by atoms with Gasteiger partial charge in [-0.1, -0.05) is 6.42 Å². The number of ketones is 1. The molecule has 2 aromatic heterocycles. The fraction of sp³-hybridized carbons (Fsp3) is 0.375. The molecular formula is C24H22N4OS2. The van der Waals surface area contributed by atoms with Crippen molar-refractivity contribution in [2.24, 2.45) is 10.7 Å². The summed E-state index contributed by atoms with van der Waals surface area (Å²) in [6.45, 7) is 0. The monoisotopic (exact) mass is 446 g/mol. The third-order valence-corrected chi connectivity index (χ3v) is 8.79. The molecule has 4 aliphatic rings. The first-order valence-corrected chi connectivity index (χ1v) is 12.7. The first-order valence-electron chi connectivity index (χ1n) is 10.9. The lowest BCUT2D eigenvalue weighted by molar-refractivity contribution is -0.116. The number of amidine groups is 1. The molecular weight excluding hydrogens is 424 g/mol. The van der Waals surface area contributed by atoms with Crippen molar-refractivity contribution in [3.63, 3.8) is 0 Å². The van der Waals surface area contributed by atoms with Crippen LogP contribution in [0.1, 0.15) is 66.0 Å². The summed E-state index contributed by atoms with van der Waals surface area (Å²) in [6.07, 6.45) is 7.90. The molecule has 2 N–H and O–H groups in total. The molecule has 0 fully saturated rings. The minimum atomic E-state index is -0.346. The van der Waals surface area contributed by atoms with Crippen molar-refractivity contribution in [3.05, 3.63) is 61.1 Å². The highest BCUT2D eigenvalue weighted by Crippen LogP contribution is 2.53. The van der Waals surface area contributed by atoms with Crippen LogP contribution >= 0.6 is 22.7 Å². The molecule has 0 bridgehead atoms. The van der Waals surface area contributed by atoms with Crippen molar-refractivity contribution in [2.75, 3.05) is 4.90 Å². The molecule has 0 radical (unpaired) electrons. The van der Waals surface area contributed by atoms with Gasteiger partial charge >= 0.3 is 0 Å². The summed E-state index contributed by atoms with van der Waals surface area (Å²) < 4.78 is 0. The van der Waals surface area contributed by atoms with Gasteiger partial charge in [-0.25, -0.2) is 4.99 Å². The highest BCUT2D eigenvalue weighted by Gasteiger charge is 2.44. The number of allylic oxidation sites excluding steroid dienone is 3. The summed E-state index contributed by atoms with van der Waals surface area (Å²) in [4.78, 5) is 21.6. The number of nitrogens with two attached hydrogens (primary N) is 1. The van der Waals surface area contributed by atoms with Crippen LogP contribution in [0.15, 0.2) is 44.5 Å². The maximum atomic E-state index is 13.2. The Bertz CT molecular complexity index is 1240. The fourth-order valence-electron chi connectivity index (χ4n) is 5.46. The number of aryl methyl sites for hydroxylation is 1. The van der Waals surface area contributed by atoms with Crippen LogP contribution in [0, 0.1) is 11.3 Å². The molecule has 0 unspecified atom stereocenters. The van der Waals surface area contributed by atoms with E-state index in [0.29, 0.717) is 23.7 Å². The molecule has 0 spiro atoms. The lowest BCUT2D eigenvalue weighted by Crippen LogP contribution is -2.38. The van der Waals surface area contributed by atoms with Crippen molar-refractivity contribution < 1.29 is 4.79 Å². The third kappa shape index (κ3) is 2.71. The van der Waals surface area contributed by atoms with Crippen molar-refractivity contribution in [3.8, 4) is 6.07 Å². The predicted octanol–water partition coefficient (Wildman–Crippen LogP) is 5.14. The molecule has 2 aromatic rings. The molecule has 0 aromatic carbocycles. The van der Waals surface area contributed by atoms with Gasteiger partial charge in [0.25, 0.3) is 0 Å². The summed E-state index contributed by atoms with van der Waals surface area (Å²) in [5.41, 5.74) is 12.3. The Kier molecular flexibility index (Phi) is 4.41. The second-order valence-corrected chi connectivity index (χ2v) is 10.4. The molecule has 2 aliphatic carbocycles. The molecule has 2 aliphatic heterocycles. The summed E-state index contributed by atoms with van der Waals surface area (Å²) in [5, 5.41) is 15.3. The van der Waals surface area contributed by atoms with Crippen LogP contribution in [0.2, 0.25) is 0 Å². The molecule has 6 rings (SSSR count). The Balaban J connectivity index is 1.64. The molecule has 0 saturated carbocycles. The smallest absolute Gasteiger partial charge is 0.161 e. The predicted molar refractivity (Wildman–Crippen MR) is 124 cm³/mol. The SMILES string of the molecule is N#CC1=C2N=C(N)c3c(sc4c3CCCCC4)N2C2=C(C(=O)CCC2)[C@@H]1c1ccsc1. The van der Waals surface area contributed by atoms with Gasteiger partial charge in [-0.15, -0.1) is 11.3 Å². The lowest BCUT2D eigenvalue weighted by Gasteiger charge is -2.40. The molecule has 4 heterocycles. The van der Waals surface area contributed by atoms with E-state index in [4.69, 9.17) is 10.7 Å². The number of carbonyl (C=O) groups is 1. The zero-order valence-electron chi connectivity index (χ0n) is 17.1. The largest absolute Gasteiger partial charge is 0.383 e. The second-order valence-electron chi connectivity index (χ2n) is 8.55. The van der Waals surface area contributed by atoms with E-state index in [2.05, 4.69) is 11.0 Å². The maximum Gasteiger partial charge on any atom is 0.161 e. The van der Waals surface area contributed by atoms with Gasteiger partial charge in [0.05, 0.1) is 23.1 Å². The Labute approximate surface area is 189 Å². The quantitative estimate of drug-likeness (QED) is 0.615. The van der Waals surface area contributed by atoms with Crippen LogP contribution in [0.4, 0.5) is 5.00 Å². The number of nitriles is 1. The highest BCUT2D eigenvalue weighted by molar-refractivity contribution is 7.17. The number of fused-ring (bicyclic) bond motifs is 6. The van der Waals surface area contributed by atoms with E-state index >= 15 is 0 Å². The Morgan fingerprint density at radius 1 is 1.16 bits per heavy atom. The van der Waals surface area contributed by atoms with E-state index in [1.54, 1.807) is 22.7 Å². The normalized spacial score (nSPS) is 22.8. The highest BCUT2D eigenvalue weighted by atomic mass is 32.1. The lowest BCUT2D eigenvalue weighted by atomic mass is 9.76. The molecule has 0 saturated heterocycles. The first-order chi connectivity index (χ1) is 15.2. The van der Waals surface area contributed by atoms with E-state index in [0.717, 1.165) is 53.1 Å². The minimum absolute atomic E-state index is 0.159. The zero-order chi connectivity index (χ0) is 21.1. The summed E-state index contributed by atoms with van der Waals surface area (Å²) in [5.74, 6) is 0.949. The number of carbonyl (C=O) groups excluding carboxylic acids is 1. The summed E-state index contributed by atoms with van der Waals surface area (Å²) >= 11 is 3.37. The molecule has 0 amide bonds. The summed E-state index contributed by atoms with van der Waals surface area (Å²) in [7, 11) is 0. The number of aliphatic imine (C=N–C) groups is 1. The topological polar surface area (TPSA) is 82.5 Å². The number of nitrogens with zero attached hydrogens (tertiary/aromatic N) is 3. The van der Waals surface area contributed by atoms with Crippen molar-refractivity contribution in [2.45, 2.75) is 57.3 Å². The van der Waals surface area contributed by atoms with E-state index in [9.17, 15) is 10.1 Å². The average molecular weight is 447 g/mol. The number of anilines is 1. The average Bonchev–Trinajstić information content (AvgIpc) is 3.36. The molecule has 31 heavy (non-hydrogen) atoms. The number of hydrogen-bond donors (Lipinski definition) is 1. The van der Waals surface area contributed by atoms with Crippen LogP contribution in [0.3, 0.4) is 0 Å². The Hall–Kier alpha value is -2.69.